The number of fused-ring (bicyclic) bond motifs is 1. The molecule has 1 aromatic rings. The average molecular weight is 457 g/mol. The van der Waals surface area contributed by atoms with E-state index < -0.39 is 0 Å². The van der Waals surface area contributed by atoms with E-state index in [1.165, 1.54) is 5.56 Å². The number of hydrogen-bond donors (Lipinski definition) is 2. The molecule has 1 heterocycles. The molecule has 1 aliphatic carbocycles. The van der Waals surface area contributed by atoms with Crippen LogP contribution in [0.1, 0.15) is 37.8 Å². The lowest BCUT2D eigenvalue weighted by Crippen LogP contribution is -2.42. The van der Waals surface area contributed by atoms with Gasteiger partial charge < -0.3 is 20.1 Å². The number of aliphatic imine (C=N–C) groups is 1. The Kier molecular flexibility index (Phi) is 7.40. The van der Waals surface area contributed by atoms with Gasteiger partial charge in [0.15, 0.2) is 5.96 Å². The number of halogens is 1. The molecule has 138 valence electrons. The molecule has 5 nitrogen and oxygen atoms in total. The van der Waals surface area contributed by atoms with Crippen LogP contribution in [0, 0.1) is 0 Å². The predicted molar refractivity (Wildman–Crippen MR) is 112 cm³/mol. The molecule has 0 saturated heterocycles. The van der Waals surface area contributed by atoms with E-state index in [1.807, 2.05) is 6.92 Å². The van der Waals surface area contributed by atoms with Crippen LogP contribution >= 0.6 is 24.0 Å². The summed E-state index contributed by atoms with van der Waals surface area (Å²) in [7, 11) is 1.80. The van der Waals surface area contributed by atoms with Crippen molar-refractivity contribution in [3.63, 3.8) is 0 Å². The largest absolute Gasteiger partial charge is 0.494 e. The normalized spacial score (nSPS) is 19.2. The van der Waals surface area contributed by atoms with Crippen molar-refractivity contribution in [1.82, 2.24) is 10.6 Å². The quantitative estimate of drug-likeness (QED) is 0.308. The van der Waals surface area contributed by atoms with E-state index in [0.717, 1.165) is 42.3 Å². The molecule has 1 aromatic carbocycles. The molecule has 0 fully saturated rings. The van der Waals surface area contributed by atoms with Gasteiger partial charge in [0.1, 0.15) is 17.6 Å². The lowest BCUT2D eigenvalue weighted by molar-refractivity contribution is 0.254. The minimum Gasteiger partial charge on any atom is -0.494 e. The van der Waals surface area contributed by atoms with Crippen molar-refractivity contribution in [3.8, 4) is 11.5 Å². The fourth-order valence-corrected chi connectivity index (χ4v) is 3.21. The molecule has 2 N–H and O–H groups in total. The van der Waals surface area contributed by atoms with Crippen molar-refractivity contribution in [2.75, 3.05) is 13.7 Å². The molecule has 2 aliphatic rings. The fraction of sp³-hybridized carbons (Fsp3) is 0.526. The number of hydrogen-bond acceptors (Lipinski definition) is 3. The summed E-state index contributed by atoms with van der Waals surface area (Å²) in [5.74, 6) is 2.73. The van der Waals surface area contributed by atoms with Crippen LogP contribution in [0.3, 0.4) is 0 Å². The molecule has 25 heavy (non-hydrogen) atoms. The maximum atomic E-state index is 5.88. The summed E-state index contributed by atoms with van der Waals surface area (Å²) in [6.07, 6.45) is 7.70. The molecule has 3 rings (SSSR count). The maximum absolute atomic E-state index is 5.88. The number of ether oxygens (including phenoxy) is 2. The first-order valence-electron chi connectivity index (χ1n) is 8.77. The standard InChI is InChI=1S/C19H27N3O2.HI/c1-4-23-17-10-14-9-13(2)24-18(14)11-15(17)12-21-19(20-3)22-16-7-5-6-8-16;/h5-6,10-11,13,16H,4,7-9,12H2,1-3H3,(H2,20,21,22);1H. The highest BCUT2D eigenvalue weighted by molar-refractivity contribution is 14.0. The van der Waals surface area contributed by atoms with E-state index in [2.05, 4.69) is 46.8 Å². The van der Waals surface area contributed by atoms with E-state index in [0.29, 0.717) is 19.2 Å². The van der Waals surface area contributed by atoms with Gasteiger partial charge in [0.2, 0.25) is 0 Å². The van der Waals surface area contributed by atoms with Crippen LogP contribution in [0.15, 0.2) is 29.3 Å². The van der Waals surface area contributed by atoms with Gasteiger partial charge in [-0.1, -0.05) is 12.2 Å². The molecule has 1 aliphatic heterocycles. The van der Waals surface area contributed by atoms with Crippen LogP contribution in [0.5, 0.6) is 11.5 Å². The third-order valence-corrected chi connectivity index (χ3v) is 4.40. The second kappa shape index (κ2) is 9.31. The van der Waals surface area contributed by atoms with Gasteiger partial charge in [0.05, 0.1) is 6.61 Å². The Hall–Kier alpha value is -1.44. The summed E-state index contributed by atoms with van der Waals surface area (Å²) in [4.78, 5) is 4.32. The third kappa shape index (κ3) is 5.03. The van der Waals surface area contributed by atoms with Crippen molar-refractivity contribution in [3.05, 3.63) is 35.4 Å². The molecule has 0 radical (unpaired) electrons. The van der Waals surface area contributed by atoms with Gasteiger partial charge in [-0.25, -0.2) is 0 Å². The smallest absolute Gasteiger partial charge is 0.191 e. The number of nitrogens with one attached hydrogen (secondary N) is 2. The molecular weight excluding hydrogens is 429 g/mol. The summed E-state index contributed by atoms with van der Waals surface area (Å²) in [6.45, 7) is 5.42. The minimum atomic E-state index is 0. The van der Waals surface area contributed by atoms with Gasteiger partial charge in [-0.05, 0) is 38.8 Å². The van der Waals surface area contributed by atoms with Gasteiger partial charge in [0.25, 0.3) is 0 Å². The molecule has 0 aromatic heterocycles. The predicted octanol–water partition coefficient (Wildman–Crippen LogP) is 3.41. The van der Waals surface area contributed by atoms with E-state index in [-0.39, 0.29) is 30.1 Å². The zero-order valence-electron chi connectivity index (χ0n) is 15.2. The highest BCUT2D eigenvalue weighted by Gasteiger charge is 2.22. The van der Waals surface area contributed by atoms with Crippen molar-refractivity contribution < 1.29 is 9.47 Å². The van der Waals surface area contributed by atoms with Crippen molar-refractivity contribution in [1.29, 1.82) is 0 Å². The first-order chi connectivity index (χ1) is 11.7. The van der Waals surface area contributed by atoms with Crippen molar-refractivity contribution in [2.45, 2.75) is 51.8 Å². The number of rotatable bonds is 5. The summed E-state index contributed by atoms with van der Waals surface area (Å²) in [5, 5.41) is 6.84. The Morgan fingerprint density at radius 3 is 2.76 bits per heavy atom. The van der Waals surface area contributed by atoms with Crippen LogP contribution < -0.4 is 20.1 Å². The van der Waals surface area contributed by atoms with Gasteiger partial charge in [0, 0.05) is 37.2 Å². The Balaban J connectivity index is 0.00000225. The first-order valence-corrected chi connectivity index (χ1v) is 8.77. The molecule has 0 bridgehead atoms. The summed E-state index contributed by atoms with van der Waals surface area (Å²) in [6, 6.07) is 4.66. The van der Waals surface area contributed by atoms with Crippen LogP contribution in [-0.4, -0.2) is 31.8 Å². The maximum Gasteiger partial charge on any atom is 0.191 e. The molecule has 1 unspecified atom stereocenters. The van der Waals surface area contributed by atoms with E-state index in [4.69, 9.17) is 9.47 Å². The Morgan fingerprint density at radius 2 is 2.08 bits per heavy atom. The molecule has 0 amide bonds. The number of nitrogens with zero attached hydrogens (tertiary/aromatic N) is 1. The first kappa shape index (κ1) is 19.9. The molecule has 1 atom stereocenters. The second-order valence-corrected chi connectivity index (χ2v) is 6.34. The lowest BCUT2D eigenvalue weighted by Gasteiger charge is -2.18. The van der Waals surface area contributed by atoms with Gasteiger partial charge in [-0.3, -0.25) is 4.99 Å². The lowest BCUT2D eigenvalue weighted by atomic mass is 10.1. The van der Waals surface area contributed by atoms with Crippen LogP contribution in [0.25, 0.3) is 0 Å². The van der Waals surface area contributed by atoms with E-state index in [9.17, 15) is 0 Å². The zero-order chi connectivity index (χ0) is 16.9. The molecule has 0 spiro atoms. The zero-order valence-corrected chi connectivity index (χ0v) is 17.5. The summed E-state index contributed by atoms with van der Waals surface area (Å²) >= 11 is 0. The summed E-state index contributed by atoms with van der Waals surface area (Å²) in [5.41, 5.74) is 2.33. The van der Waals surface area contributed by atoms with Gasteiger partial charge in [-0.2, -0.15) is 0 Å². The monoisotopic (exact) mass is 457 g/mol. The number of benzene rings is 1. The van der Waals surface area contributed by atoms with Gasteiger partial charge in [-0.15, -0.1) is 24.0 Å². The Morgan fingerprint density at radius 1 is 1.32 bits per heavy atom. The Bertz CT molecular complexity index is 638. The number of guanidine groups is 1. The van der Waals surface area contributed by atoms with Crippen LogP contribution in [0.2, 0.25) is 0 Å². The SMILES string of the molecule is CCOc1cc2c(cc1CNC(=NC)NC1CC=CC1)OC(C)C2.I. The summed E-state index contributed by atoms with van der Waals surface area (Å²) < 4.78 is 11.7. The highest BCUT2D eigenvalue weighted by atomic mass is 127. The second-order valence-electron chi connectivity index (χ2n) is 6.34. The third-order valence-electron chi connectivity index (χ3n) is 4.40. The van der Waals surface area contributed by atoms with Crippen molar-refractivity contribution >= 4 is 29.9 Å². The van der Waals surface area contributed by atoms with Crippen LogP contribution in [0.4, 0.5) is 0 Å². The average Bonchev–Trinajstić information content (AvgIpc) is 3.19. The van der Waals surface area contributed by atoms with E-state index in [1.54, 1.807) is 7.05 Å². The topological polar surface area (TPSA) is 54.9 Å². The molecule has 0 saturated carbocycles. The minimum absolute atomic E-state index is 0. The van der Waals surface area contributed by atoms with E-state index >= 15 is 0 Å². The molecular formula is C19H28IN3O2. The molecule has 6 heteroatoms. The fourth-order valence-electron chi connectivity index (χ4n) is 3.21. The van der Waals surface area contributed by atoms with Crippen LogP contribution in [-0.2, 0) is 13.0 Å². The van der Waals surface area contributed by atoms with Gasteiger partial charge >= 0.3 is 0 Å². The Labute approximate surface area is 167 Å². The van der Waals surface area contributed by atoms with Crippen molar-refractivity contribution in [2.24, 2.45) is 4.99 Å². The highest BCUT2D eigenvalue weighted by Crippen LogP contribution is 2.35.